The number of benzene rings is 1. The highest BCUT2D eigenvalue weighted by Crippen LogP contribution is 2.23. The Morgan fingerprint density at radius 2 is 1.95 bits per heavy atom. The smallest absolute Gasteiger partial charge is 0.256 e. The predicted molar refractivity (Wildman–Crippen MR) is 75.6 cm³/mol. The minimum Gasteiger partial charge on any atom is -0.396 e. The van der Waals surface area contributed by atoms with E-state index in [1.165, 1.54) is 23.1 Å². The van der Waals surface area contributed by atoms with Gasteiger partial charge in [-0.2, -0.15) is 0 Å². The van der Waals surface area contributed by atoms with Gasteiger partial charge in [-0.3, -0.25) is 9.78 Å². The summed E-state index contributed by atoms with van der Waals surface area (Å²) in [4.78, 5) is 17.9. The molecule has 1 heterocycles. The van der Waals surface area contributed by atoms with Crippen molar-refractivity contribution >= 4 is 11.6 Å². The molecule has 0 saturated heterocycles. The van der Waals surface area contributed by atoms with Crippen LogP contribution in [0, 0.1) is 5.82 Å². The summed E-state index contributed by atoms with van der Waals surface area (Å²) in [6.45, 7) is 1.89. The Kier molecular flexibility index (Phi) is 3.98. The normalized spacial score (nSPS) is 11.9. The molecule has 0 spiro atoms. The number of nitrogen functional groups attached to an aromatic ring is 1. The molecule has 1 atom stereocenters. The van der Waals surface area contributed by atoms with Gasteiger partial charge in [0.15, 0.2) is 0 Å². The number of hydrogen-bond donors (Lipinski definition) is 1. The largest absolute Gasteiger partial charge is 0.396 e. The Balaban J connectivity index is 2.27. The van der Waals surface area contributed by atoms with Gasteiger partial charge in [-0.15, -0.1) is 0 Å². The molecule has 0 aliphatic heterocycles. The topological polar surface area (TPSA) is 59.2 Å². The van der Waals surface area contributed by atoms with Crippen molar-refractivity contribution in [1.82, 2.24) is 9.88 Å². The molecular formula is C15H16FN3O. The summed E-state index contributed by atoms with van der Waals surface area (Å²) in [6, 6.07) is 7.75. The van der Waals surface area contributed by atoms with E-state index in [0.29, 0.717) is 0 Å². The van der Waals surface area contributed by atoms with Crippen LogP contribution in [0.5, 0.6) is 0 Å². The zero-order valence-corrected chi connectivity index (χ0v) is 11.4. The second-order valence-corrected chi connectivity index (χ2v) is 4.57. The van der Waals surface area contributed by atoms with Crippen LogP contribution in [0.3, 0.4) is 0 Å². The summed E-state index contributed by atoms with van der Waals surface area (Å²) in [5.74, 6) is -0.896. The predicted octanol–water partition coefficient (Wildman–Crippen LogP) is 2.64. The van der Waals surface area contributed by atoms with E-state index in [1.54, 1.807) is 19.4 Å². The van der Waals surface area contributed by atoms with E-state index >= 15 is 0 Å². The SMILES string of the molecule is CC(c1ccncc1)N(C)C(=O)c1cccc(F)c1N. The highest BCUT2D eigenvalue weighted by molar-refractivity contribution is 5.99. The molecule has 0 bridgehead atoms. The van der Waals surface area contributed by atoms with E-state index in [9.17, 15) is 9.18 Å². The summed E-state index contributed by atoms with van der Waals surface area (Å²) in [7, 11) is 1.66. The maximum atomic E-state index is 13.4. The van der Waals surface area contributed by atoms with Crippen LogP contribution in [0.15, 0.2) is 42.7 Å². The molecule has 0 aliphatic rings. The minimum atomic E-state index is -0.583. The molecule has 2 N–H and O–H groups in total. The van der Waals surface area contributed by atoms with Crippen molar-refractivity contribution in [1.29, 1.82) is 0 Å². The number of amides is 1. The summed E-state index contributed by atoms with van der Waals surface area (Å²) in [5, 5.41) is 0. The number of pyridine rings is 1. The lowest BCUT2D eigenvalue weighted by Crippen LogP contribution is -2.30. The number of rotatable bonds is 3. The van der Waals surface area contributed by atoms with Gasteiger partial charge in [0.2, 0.25) is 0 Å². The van der Waals surface area contributed by atoms with Gasteiger partial charge in [-0.05, 0) is 36.8 Å². The Hall–Kier alpha value is -2.43. The third-order valence-electron chi connectivity index (χ3n) is 3.37. The molecule has 0 saturated carbocycles. The van der Waals surface area contributed by atoms with Gasteiger partial charge in [0.05, 0.1) is 17.3 Å². The average molecular weight is 273 g/mol. The monoisotopic (exact) mass is 273 g/mol. The lowest BCUT2D eigenvalue weighted by atomic mass is 10.1. The number of carbonyl (C=O) groups is 1. The Labute approximate surface area is 117 Å². The molecule has 1 amide bonds. The Bertz CT molecular complexity index is 616. The number of nitrogens with two attached hydrogens (primary N) is 1. The standard InChI is InChI=1S/C15H16FN3O/c1-10(11-6-8-18-9-7-11)19(2)15(20)12-4-3-5-13(16)14(12)17/h3-10H,17H2,1-2H3. The molecule has 1 aromatic heterocycles. The number of para-hydroxylation sites is 1. The van der Waals surface area contributed by atoms with Crippen molar-refractivity contribution in [3.8, 4) is 0 Å². The van der Waals surface area contributed by atoms with Crippen LogP contribution in [-0.4, -0.2) is 22.8 Å². The maximum absolute atomic E-state index is 13.4. The molecule has 0 fully saturated rings. The van der Waals surface area contributed by atoms with Crippen molar-refractivity contribution < 1.29 is 9.18 Å². The minimum absolute atomic E-state index is 0.119. The lowest BCUT2D eigenvalue weighted by Gasteiger charge is -2.25. The third-order valence-corrected chi connectivity index (χ3v) is 3.37. The fraction of sp³-hybridized carbons (Fsp3) is 0.200. The van der Waals surface area contributed by atoms with Crippen LogP contribution in [0.2, 0.25) is 0 Å². The number of nitrogens with zero attached hydrogens (tertiary/aromatic N) is 2. The summed E-state index contributed by atoms with van der Waals surface area (Å²) in [5.41, 5.74) is 6.63. The maximum Gasteiger partial charge on any atom is 0.256 e. The van der Waals surface area contributed by atoms with Crippen LogP contribution < -0.4 is 5.73 Å². The quantitative estimate of drug-likeness (QED) is 0.874. The molecule has 5 heteroatoms. The summed E-state index contributed by atoms with van der Waals surface area (Å²) in [6.07, 6.45) is 3.33. The number of carbonyl (C=O) groups excluding carboxylic acids is 1. The number of halogens is 1. The molecule has 104 valence electrons. The van der Waals surface area contributed by atoms with Gasteiger partial charge >= 0.3 is 0 Å². The molecule has 2 aromatic rings. The highest BCUT2D eigenvalue weighted by Gasteiger charge is 2.21. The third kappa shape index (κ3) is 2.61. The van der Waals surface area contributed by atoms with Crippen LogP contribution >= 0.6 is 0 Å². The van der Waals surface area contributed by atoms with Gasteiger partial charge in [0, 0.05) is 19.4 Å². The number of aromatic nitrogens is 1. The first-order valence-corrected chi connectivity index (χ1v) is 6.23. The van der Waals surface area contributed by atoms with Gasteiger partial charge in [-0.1, -0.05) is 6.07 Å². The lowest BCUT2D eigenvalue weighted by molar-refractivity contribution is 0.0743. The van der Waals surface area contributed by atoms with E-state index in [0.717, 1.165) is 5.56 Å². The Morgan fingerprint density at radius 1 is 1.30 bits per heavy atom. The van der Waals surface area contributed by atoms with E-state index in [1.807, 2.05) is 19.1 Å². The molecule has 20 heavy (non-hydrogen) atoms. The van der Waals surface area contributed by atoms with E-state index in [-0.39, 0.29) is 23.2 Å². The molecule has 1 aromatic carbocycles. The number of anilines is 1. The second-order valence-electron chi connectivity index (χ2n) is 4.57. The van der Waals surface area contributed by atoms with Gasteiger partial charge in [0.1, 0.15) is 5.82 Å². The first kappa shape index (κ1) is 14.0. The van der Waals surface area contributed by atoms with Gasteiger partial charge < -0.3 is 10.6 Å². The van der Waals surface area contributed by atoms with Crippen LogP contribution in [-0.2, 0) is 0 Å². The molecule has 1 unspecified atom stereocenters. The van der Waals surface area contributed by atoms with E-state index < -0.39 is 5.82 Å². The van der Waals surface area contributed by atoms with E-state index in [2.05, 4.69) is 4.98 Å². The molecule has 0 radical (unpaired) electrons. The van der Waals surface area contributed by atoms with Crippen molar-refractivity contribution in [2.75, 3.05) is 12.8 Å². The fourth-order valence-electron chi connectivity index (χ4n) is 1.95. The van der Waals surface area contributed by atoms with Gasteiger partial charge in [-0.25, -0.2) is 4.39 Å². The molecule has 2 rings (SSSR count). The fourth-order valence-corrected chi connectivity index (χ4v) is 1.95. The molecular weight excluding hydrogens is 257 g/mol. The highest BCUT2D eigenvalue weighted by atomic mass is 19.1. The van der Waals surface area contributed by atoms with Gasteiger partial charge in [0.25, 0.3) is 5.91 Å². The summed E-state index contributed by atoms with van der Waals surface area (Å²) >= 11 is 0. The van der Waals surface area contributed by atoms with Crippen LogP contribution in [0.25, 0.3) is 0 Å². The van der Waals surface area contributed by atoms with Crippen molar-refractivity contribution in [2.45, 2.75) is 13.0 Å². The molecule has 0 aliphatic carbocycles. The van der Waals surface area contributed by atoms with Crippen molar-refractivity contribution in [2.24, 2.45) is 0 Å². The number of hydrogen-bond acceptors (Lipinski definition) is 3. The zero-order chi connectivity index (χ0) is 14.7. The van der Waals surface area contributed by atoms with Crippen LogP contribution in [0.1, 0.15) is 28.9 Å². The zero-order valence-electron chi connectivity index (χ0n) is 11.4. The summed E-state index contributed by atoms with van der Waals surface area (Å²) < 4.78 is 13.4. The Morgan fingerprint density at radius 3 is 2.60 bits per heavy atom. The van der Waals surface area contributed by atoms with Crippen LogP contribution in [0.4, 0.5) is 10.1 Å². The van der Waals surface area contributed by atoms with E-state index in [4.69, 9.17) is 5.73 Å². The second kappa shape index (κ2) is 5.69. The molecule has 4 nitrogen and oxygen atoms in total. The van der Waals surface area contributed by atoms with Crippen molar-refractivity contribution in [3.63, 3.8) is 0 Å². The van der Waals surface area contributed by atoms with Crippen molar-refractivity contribution in [3.05, 3.63) is 59.7 Å². The first-order valence-electron chi connectivity index (χ1n) is 6.23. The first-order chi connectivity index (χ1) is 9.52. The average Bonchev–Trinajstić information content (AvgIpc) is 2.48.